The van der Waals surface area contributed by atoms with Crippen molar-refractivity contribution in [2.75, 3.05) is 52.3 Å². The third kappa shape index (κ3) is 8.00. The Morgan fingerprint density at radius 3 is 2.50 bits per heavy atom. The average molecular weight is 308 g/mol. The van der Waals surface area contributed by atoms with Gasteiger partial charge in [0.25, 0.3) is 0 Å². The number of unbranched alkanes of at least 4 members (excludes halogenated alkanes) is 1. The third-order valence-corrected chi connectivity index (χ3v) is 3.12. The summed E-state index contributed by atoms with van der Waals surface area (Å²) in [5.41, 5.74) is 1.59. The molecule has 1 N–H and O–H groups in total. The maximum absolute atomic E-state index is 11.9. The fourth-order valence-corrected chi connectivity index (χ4v) is 1.76. The Labute approximate surface area is 133 Å². The molecule has 0 aliphatic heterocycles. The van der Waals surface area contributed by atoms with E-state index in [1.54, 1.807) is 12.1 Å². The highest BCUT2D eigenvalue weighted by atomic mass is 16.6. The predicted octanol–water partition coefficient (Wildman–Crippen LogP) is 2.63. The van der Waals surface area contributed by atoms with Crippen LogP contribution in [0.2, 0.25) is 0 Å². The highest BCUT2D eigenvalue weighted by molar-refractivity contribution is 5.89. The molecule has 0 atom stereocenters. The lowest BCUT2D eigenvalue weighted by Crippen LogP contribution is -2.19. The van der Waals surface area contributed by atoms with Crippen LogP contribution in [0.5, 0.6) is 0 Å². The molecule has 0 amide bonds. The number of esters is 1. The lowest BCUT2D eigenvalue weighted by Gasteiger charge is -2.10. The second-order valence-electron chi connectivity index (χ2n) is 5.41. The molecular weight excluding hydrogens is 280 g/mol. The van der Waals surface area contributed by atoms with E-state index >= 15 is 0 Å². The zero-order valence-corrected chi connectivity index (χ0v) is 13.9. The molecule has 0 saturated carbocycles. The SMILES string of the molecule is CCCCNc1ccc(C(=O)OCCOCCN(C)C)cc1. The minimum atomic E-state index is -0.309. The molecule has 0 radical (unpaired) electrons. The van der Waals surface area contributed by atoms with E-state index in [1.807, 2.05) is 31.1 Å². The molecule has 0 spiro atoms. The number of hydrogen-bond donors (Lipinski definition) is 1. The van der Waals surface area contributed by atoms with Crippen molar-refractivity contribution >= 4 is 11.7 Å². The fraction of sp³-hybridized carbons (Fsp3) is 0.588. The highest BCUT2D eigenvalue weighted by Gasteiger charge is 2.06. The van der Waals surface area contributed by atoms with Crippen LogP contribution in [-0.4, -0.2) is 57.9 Å². The molecule has 22 heavy (non-hydrogen) atoms. The average Bonchev–Trinajstić information content (AvgIpc) is 2.51. The number of carbonyl (C=O) groups is 1. The van der Waals surface area contributed by atoms with Crippen molar-refractivity contribution in [3.05, 3.63) is 29.8 Å². The molecule has 0 bridgehead atoms. The van der Waals surface area contributed by atoms with Gasteiger partial charge in [0.05, 0.1) is 18.8 Å². The largest absolute Gasteiger partial charge is 0.460 e. The maximum Gasteiger partial charge on any atom is 0.338 e. The van der Waals surface area contributed by atoms with Crippen molar-refractivity contribution in [2.45, 2.75) is 19.8 Å². The maximum atomic E-state index is 11.9. The number of carbonyl (C=O) groups excluding carboxylic acids is 1. The van der Waals surface area contributed by atoms with Gasteiger partial charge in [-0.25, -0.2) is 4.79 Å². The van der Waals surface area contributed by atoms with E-state index in [0.29, 0.717) is 18.8 Å². The Hall–Kier alpha value is -1.59. The van der Waals surface area contributed by atoms with Crippen LogP contribution < -0.4 is 5.32 Å². The Bertz CT molecular complexity index is 418. The molecule has 124 valence electrons. The summed E-state index contributed by atoms with van der Waals surface area (Å²) in [7, 11) is 3.98. The van der Waals surface area contributed by atoms with Gasteiger partial charge in [0.2, 0.25) is 0 Å². The van der Waals surface area contributed by atoms with Crippen molar-refractivity contribution in [3.63, 3.8) is 0 Å². The van der Waals surface area contributed by atoms with Gasteiger partial charge in [-0.05, 0) is 44.8 Å². The molecular formula is C17H28N2O3. The minimum Gasteiger partial charge on any atom is -0.460 e. The molecule has 0 heterocycles. The van der Waals surface area contributed by atoms with Gasteiger partial charge in [0.1, 0.15) is 6.61 Å². The number of anilines is 1. The second kappa shape index (κ2) is 11.0. The van der Waals surface area contributed by atoms with Gasteiger partial charge in [0.15, 0.2) is 0 Å². The molecule has 0 aromatic heterocycles. The first-order chi connectivity index (χ1) is 10.6. The Morgan fingerprint density at radius 1 is 1.14 bits per heavy atom. The quantitative estimate of drug-likeness (QED) is 0.503. The summed E-state index contributed by atoms with van der Waals surface area (Å²) in [6.07, 6.45) is 2.30. The number of hydrogen-bond acceptors (Lipinski definition) is 5. The van der Waals surface area contributed by atoms with Crippen LogP contribution in [0.25, 0.3) is 0 Å². The van der Waals surface area contributed by atoms with Gasteiger partial charge in [0, 0.05) is 18.8 Å². The predicted molar refractivity (Wildman–Crippen MR) is 89.5 cm³/mol. The van der Waals surface area contributed by atoms with E-state index in [2.05, 4.69) is 12.2 Å². The third-order valence-electron chi connectivity index (χ3n) is 3.12. The summed E-state index contributed by atoms with van der Waals surface area (Å²) < 4.78 is 10.6. The van der Waals surface area contributed by atoms with Crippen molar-refractivity contribution < 1.29 is 14.3 Å². The van der Waals surface area contributed by atoms with Crippen LogP contribution >= 0.6 is 0 Å². The summed E-state index contributed by atoms with van der Waals surface area (Å²) in [5.74, 6) is -0.309. The summed E-state index contributed by atoms with van der Waals surface area (Å²) in [6.45, 7) is 5.32. The summed E-state index contributed by atoms with van der Waals surface area (Å²) in [4.78, 5) is 13.9. The summed E-state index contributed by atoms with van der Waals surface area (Å²) in [6, 6.07) is 7.37. The molecule has 5 nitrogen and oxygen atoms in total. The molecule has 0 fully saturated rings. The molecule has 1 aromatic rings. The normalized spacial score (nSPS) is 10.7. The lowest BCUT2D eigenvalue weighted by molar-refractivity contribution is 0.0299. The number of nitrogens with one attached hydrogen (secondary N) is 1. The van der Waals surface area contributed by atoms with Crippen molar-refractivity contribution in [1.29, 1.82) is 0 Å². The molecule has 5 heteroatoms. The number of likely N-dealkylation sites (N-methyl/N-ethyl adjacent to an activating group) is 1. The Morgan fingerprint density at radius 2 is 1.86 bits per heavy atom. The van der Waals surface area contributed by atoms with Crippen molar-refractivity contribution in [1.82, 2.24) is 4.90 Å². The van der Waals surface area contributed by atoms with E-state index in [0.717, 1.165) is 31.6 Å². The topological polar surface area (TPSA) is 50.8 Å². The van der Waals surface area contributed by atoms with Crippen LogP contribution in [-0.2, 0) is 9.47 Å². The smallest absolute Gasteiger partial charge is 0.338 e. The zero-order chi connectivity index (χ0) is 16.2. The highest BCUT2D eigenvalue weighted by Crippen LogP contribution is 2.10. The number of nitrogens with zero attached hydrogens (tertiary/aromatic N) is 1. The van der Waals surface area contributed by atoms with Crippen LogP contribution in [0.1, 0.15) is 30.1 Å². The molecule has 0 aliphatic rings. The van der Waals surface area contributed by atoms with Gasteiger partial charge in [-0.1, -0.05) is 13.3 Å². The van der Waals surface area contributed by atoms with Crippen LogP contribution in [0.4, 0.5) is 5.69 Å². The fourth-order valence-electron chi connectivity index (χ4n) is 1.76. The Kier molecular flexibility index (Phi) is 9.26. The minimum absolute atomic E-state index is 0.281. The van der Waals surface area contributed by atoms with E-state index < -0.39 is 0 Å². The van der Waals surface area contributed by atoms with E-state index in [1.165, 1.54) is 0 Å². The van der Waals surface area contributed by atoms with Crippen LogP contribution in [0, 0.1) is 0 Å². The molecule has 1 rings (SSSR count). The molecule has 0 unspecified atom stereocenters. The van der Waals surface area contributed by atoms with Crippen LogP contribution in [0.3, 0.4) is 0 Å². The monoisotopic (exact) mass is 308 g/mol. The molecule has 0 saturated heterocycles. The Balaban J connectivity index is 2.22. The van der Waals surface area contributed by atoms with E-state index in [-0.39, 0.29) is 12.6 Å². The summed E-state index contributed by atoms with van der Waals surface area (Å²) in [5, 5.41) is 3.31. The standard InChI is InChI=1S/C17H28N2O3/c1-4-5-10-18-16-8-6-15(7-9-16)17(20)22-14-13-21-12-11-19(2)3/h6-9,18H,4-5,10-14H2,1-3H3. The number of ether oxygens (including phenoxy) is 2. The zero-order valence-electron chi connectivity index (χ0n) is 13.9. The van der Waals surface area contributed by atoms with Gasteiger partial charge in [-0.15, -0.1) is 0 Å². The number of rotatable bonds is 11. The first-order valence-corrected chi connectivity index (χ1v) is 7.87. The summed E-state index contributed by atoms with van der Waals surface area (Å²) >= 11 is 0. The van der Waals surface area contributed by atoms with Crippen molar-refractivity contribution in [2.24, 2.45) is 0 Å². The number of benzene rings is 1. The molecule has 1 aromatic carbocycles. The van der Waals surface area contributed by atoms with E-state index in [4.69, 9.17) is 9.47 Å². The molecule has 0 aliphatic carbocycles. The van der Waals surface area contributed by atoms with Crippen molar-refractivity contribution in [3.8, 4) is 0 Å². The van der Waals surface area contributed by atoms with Gasteiger partial charge >= 0.3 is 5.97 Å². The van der Waals surface area contributed by atoms with Gasteiger partial charge in [-0.2, -0.15) is 0 Å². The van der Waals surface area contributed by atoms with Crippen LogP contribution in [0.15, 0.2) is 24.3 Å². The second-order valence-corrected chi connectivity index (χ2v) is 5.41. The van der Waals surface area contributed by atoms with Gasteiger partial charge < -0.3 is 19.7 Å². The van der Waals surface area contributed by atoms with E-state index in [9.17, 15) is 4.79 Å². The first kappa shape index (κ1) is 18.5. The first-order valence-electron chi connectivity index (χ1n) is 7.87. The van der Waals surface area contributed by atoms with Gasteiger partial charge in [-0.3, -0.25) is 0 Å². The lowest BCUT2D eigenvalue weighted by atomic mass is 10.2.